The molecule has 1 heterocycles. The highest BCUT2D eigenvalue weighted by Crippen LogP contribution is 2.22. The van der Waals surface area contributed by atoms with Crippen LogP contribution in [-0.4, -0.2) is 42.8 Å². The number of rotatable bonds is 6. The molecule has 0 spiro atoms. The topological polar surface area (TPSA) is 38.8 Å². The number of benzene rings is 1. The van der Waals surface area contributed by atoms with Crippen molar-refractivity contribution < 1.29 is 14.3 Å². The number of hydrogen-bond donors (Lipinski definition) is 0. The van der Waals surface area contributed by atoms with Gasteiger partial charge in [-0.3, -0.25) is 9.69 Å². The Morgan fingerprint density at radius 3 is 2.62 bits per heavy atom. The highest BCUT2D eigenvalue weighted by atomic mass is 16.7. The zero-order valence-corrected chi connectivity index (χ0v) is 15.5. The second kappa shape index (κ2) is 10.5. The Morgan fingerprint density at radius 1 is 1.08 bits per heavy atom. The SMILES string of the molecule is O=C1CCC(N(CC#CCOC2CCCCO2)Cc2ccccc2)CC1. The van der Waals surface area contributed by atoms with E-state index in [9.17, 15) is 4.79 Å². The van der Waals surface area contributed by atoms with Gasteiger partial charge in [-0.15, -0.1) is 0 Å². The summed E-state index contributed by atoms with van der Waals surface area (Å²) in [6.45, 7) is 2.81. The fourth-order valence-electron chi connectivity index (χ4n) is 3.61. The van der Waals surface area contributed by atoms with E-state index in [1.165, 1.54) is 12.0 Å². The van der Waals surface area contributed by atoms with Crippen molar-refractivity contribution in [1.82, 2.24) is 4.90 Å². The van der Waals surface area contributed by atoms with Crippen LogP contribution in [-0.2, 0) is 20.8 Å². The third kappa shape index (κ3) is 6.25. The van der Waals surface area contributed by atoms with Crippen LogP contribution in [0.15, 0.2) is 30.3 Å². The van der Waals surface area contributed by atoms with E-state index in [1.54, 1.807) is 0 Å². The number of carbonyl (C=O) groups is 1. The predicted molar refractivity (Wildman–Crippen MR) is 101 cm³/mol. The maximum Gasteiger partial charge on any atom is 0.158 e. The smallest absolute Gasteiger partial charge is 0.158 e. The number of nitrogens with zero attached hydrogens (tertiary/aromatic N) is 1. The summed E-state index contributed by atoms with van der Waals surface area (Å²) in [7, 11) is 0. The lowest BCUT2D eigenvalue weighted by atomic mass is 9.93. The Kier molecular flexibility index (Phi) is 7.69. The van der Waals surface area contributed by atoms with Crippen molar-refractivity contribution in [2.75, 3.05) is 19.8 Å². The van der Waals surface area contributed by atoms with Gasteiger partial charge in [-0.05, 0) is 37.7 Å². The summed E-state index contributed by atoms with van der Waals surface area (Å²) in [6.07, 6.45) is 6.48. The number of ketones is 1. The van der Waals surface area contributed by atoms with Gasteiger partial charge in [0.25, 0.3) is 0 Å². The molecule has 3 rings (SSSR count). The molecule has 4 heteroatoms. The fourth-order valence-corrected chi connectivity index (χ4v) is 3.61. The van der Waals surface area contributed by atoms with Crippen molar-refractivity contribution >= 4 is 5.78 Å². The van der Waals surface area contributed by atoms with Crippen LogP contribution in [0.5, 0.6) is 0 Å². The molecule has 0 amide bonds. The molecule has 0 bridgehead atoms. The highest BCUT2D eigenvalue weighted by molar-refractivity contribution is 5.79. The lowest BCUT2D eigenvalue weighted by molar-refractivity contribution is -0.154. The Morgan fingerprint density at radius 2 is 1.88 bits per heavy atom. The van der Waals surface area contributed by atoms with E-state index < -0.39 is 0 Å². The maximum atomic E-state index is 11.6. The molecular formula is C22H29NO3. The van der Waals surface area contributed by atoms with Crippen LogP contribution in [0.25, 0.3) is 0 Å². The molecule has 1 aromatic rings. The van der Waals surface area contributed by atoms with Crippen molar-refractivity contribution in [3.63, 3.8) is 0 Å². The normalized spacial score (nSPS) is 21.4. The van der Waals surface area contributed by atoms with E-state index in [4.69, 9.17) is 9.47 Å². The molecule has 1 unspecified atom stereocenters. The van der Waals surface area contributed by atoms with Crippen LogP contribution in [0.1, 0.15) is 50.5 Å². The van der Waals surface area contributed by atoms with Gasteiger partial charge in [-0.25, -0.2) is 0 Å². The van der Waals surface area contributed by atoms with Crippen LogP contribution >= 0.6 is 0 Å². The highest BCUT2D eigenvalue weighted by Gasteiger charge is 2.24. The summed E-state index contributed by atoms with van der Waals surface area (Å²) >= 11 is 0. The first-order valence-electron chi connectivity index (χ1n) is 9.80. The van der Waals surface area contributed by atoms with Crippen LogP contribution in [0.2, 0.25) is 0 Å². The van der Waals surface area contributed by atoms with Gasteiger partial charge in [-0.1, -0.05) is 42.2 Å². The van der Waals surface area contributed by atoms with Crippen LogP contribution in [0.3, 0.4) is 0 Å². The van der Waals surface area contributed by atoms with E-state index >= 15 is 0 Å². The molecule has 2 fully saturated rings. The molecule has 0 radical (unpaired) electrons. The Bertz CT molecular complexity index is 603. The van der Waals surface area contributed by atoms with E-state index in [0.29, 0.717) is 37.8 Å². The van der Waals surface area contributed by atoms with Gasteiger partial charge in [0.05, 0.1) is 6.54 Å². The zero-order chi connectivity index (χ0) is 18.0. The molecule has 1 saturated carbocycles. The lowest BCUT2D eigenvalue weighted by Gasteiger charge is -2.32. The molecular weight excluding hydrogens is 326 g/mol. The van der Waals surface area contributed by atoms with Gasteiger partial charge < -0.3 is 9.47 Å². The molecule has 1 aliphatic heterocycles. The van der Waals surface area contributed by atoms with Gasteiger partial charge in [0.2, 0.25) is 0 Å². The minimum Gasteiger partial charge on any atom is -0.353 e. The van der Waals surface area contributed by atoms with Crippen LogP contribution in [0, 0.1) is 11.8 Å². The van der Waals surface area contributed by atoms with Crippen LogP contribution < -0.4 is 0 Å². The van der Waals surface area contributed by atoms with Gasteiger partial charge in [0.1, 0.15) is 12.4 Å². The number of Topliss-reactive ketones (excluding diaryl/α,β-unsaturated/α-hetero) is 1. The zero-order valence-electron chi connectivity index (χ0n) is 15.5. The van der Waals surface area contributed by atoms with Crippen molar-refractivity contribution in [1.29, 1.82) is 0 Å². The molecule has 2 aliphatic rings. The minimum absolute atomic E-state index is 0.0807. The molecule has 26 heavy (non-hydrogen) atoms. The molecule has 0 aromatic heterocycles. The monoisotopic (exact) mass is 355 g/mol. The predicted octanol–water partition coefficient (Wildman–Crippen LogP) is 3.55. The summed E-state index contributed by atoms with van der Waals surface area (Å²) < 4.78 is 11.2. The summed E-state index contributed by atoms with van der Waals surface area (Å²) in [5.74, 6) is 6.80. The van der Waals surface area contributed by atoms with Crippen molar-refractivity contribution in [2.24, 2.45) is 0 Å². The van der Waals surface area contributed by atoms with Gasteiger partial charge in [0.15, 0.2) is 6.29 Å². The molecule has 0 N–H and O–H groups in total. The second-order valence-electron chi connectivity index (χ2n) is 7.12. The minimum atomic E-state index is -0.0807. The number of carbonyl (C=O) groups excluding carboxylic acids is 1. The first-order chi connectivity index (χ1) is 12.8. The Hall–Kier alpha value is -1.67. The average Bonchev–Trinajstić information content (AvgIpc) is 2.69. The quantitative estimate of drug-likeness (QED) is 0.732. The van der Waals surface area contributed by atoms with Crippen LogP contribution in [0.4, 0.5) is 0 Å². The molecule has 4 nitrogen and oxygen atoms in total. The standard InChI is InChI=1S/C22H29NO3/c24-21-13-11-20(12-14-21)23(18-19-8-2-1-3-9-19)15-5-7-17-26-22-10-4-6-16-25-22/h1-3,8-9,20,22H,4,6,10-18H2. The first-order valence-corrected chi connectivity index (χ1v) is 9.80. The average molecular weight is 355 g/mol. The molecule has 1 saturated heterocycles. The summed E-state index contributed by atoms with van der Waals surface area (Å²) in [4.78, 5) is 14.0. The summed E-state index contributed by atoms with van der Waals surface area (Å²) in [5, 5.41) is 0. The molecule has 1 atom stereocenters. The van der Waals surface area contributed by atoms with E-state index in [0.717, 1.165) is 38.8 Å². The molecule has 1 aliphatic carbocycles. The van der Waals surface area contributed by atoms with Crippen molar-refractivity contribution in [3.05, 3.63) is 35.9 Å². The number of hydrogen-bond acceptors (Lipinski definition) is 4. The largest absolute Gasteiger partial charge is 0.353 e. The van der Waals surface area contributed by atoms with E-state index in [2.05, 4.69) is 41.0 Å². The van der Waals surface area contributed by atoms with E-state index in [-0.39, 0.29) is 6.29 Å². The maximum absolute atomic E-state index is 11.6. The van der Waals surface area contributed by atoms with E-state index in [1.807, 2.05) is 6.07 Å². The lowest BCUT2D eigenvalue weighted by Crippen LogP contribution is -2.38. The van der Waals surface area contributed by atoms with Crippen molar-refractivity contribution in [2.45, 2.75) is 63.8 Å². The summed E-state index contributed by atoms with van der Waals surface area (Å²) in [5.41, 5.74) is 1.29. The van der Waals surface area contributed by atoms with Gasteiger partial charge in [-0.2, -0.15) is 0 Å². The fraction of sp³-hybridized carbons (Fsp3) is 0.591. The Balaban J connectivity index is 1.51. The third-order valence-corrected chi connectivity index (χ3v) is 5.14. The first kappa shape index (κ1) is 19.1. The second-order valence-corrected chi connectivity index (χ2v) is 7.12. The van der Waals surface area contributed by atoms with Crippen molar-refractivity contribution in [3.8, 4) is 11.8 Å². The number of ether oxygens (including phenoxy) is 2. The van der Waals surface area contributed by atoms with Gasteiger partial charge in [0, 0.05) is 32.0 Å². The Labute approximate surface area is 156 Å². The summed E-state index contributed by atoms with van der Waals surface area (Å²) in [6, 6.07) is 10.9. The molecule has 1 aromatic carbocycles. The molecule has 140 valence electrons. The van der Waals surface area contributed by atoms with Gasteiger partial charge >= 0.3 is 0 Å². The third-order valence-electron chi connectivity index (χ3n) is 5.14.